The summed E-state index contributed by atoms with van der Waals surface area (Å²) in [6.07, 6.45) is 0.405. The van der Waals surface area contributed by atoms with Crippen molar-refractivity contribution in [2.45, 2.75) is 26.2 Å². The molecular formula is C15H18FN3. The monoisotopic (exact) mass is 259 g/mol. The molecule has 0 aliphatic rings. The van der Waals surface area contributed by atoms with Crippen LogP contribution in [-0.4, -0.2) is 17.0 Å². The van der Waals surface area contributed by atoms with Crippen LogP contribution < -0.4 is 5.32 Å². The third kappa shape index (κ3) is 3.28. The van der Waals surface area contributed by atoms with Crippen LogP contribution >= 0.6 is 0 Å². The van der Waals surface area contributed by atoms with Crippen LogP contribution in [0.2, 0.25) is 0 Å². The molecular weight excluding hydrogens is 241 g/mol. The van der Waals surface area contributed by atoms with Crippen LogP contribution in [0.3, 0.4) is 0 Å². The molecule has 0 spiro atoms. The van der Waals surface area contributed by atoms with Crippen LogP contribution in [0.5, 0.6) is 0 Å². The highest BCUT2D eigenvalue weighted by atomic mass is 19.1. The maximum atomic E-state index is 13.6. The summed E-state index contributed by atoms with van der Waals surface area (Å²) in [6.45, 7) is 4.16. The summed E-state index contributed by atoms with van der Waals surface area (Å²) in [7, 11) is 1.82. The van der Waals surface area contributed by atoms with Crippen LogP contribution in [0.15, 0.2) is 30.3 Å². The van der Waals surface area contributed by atoms with E-state index in [0.717, 1.165) is 11.5 Å². The van der Waals surface area contributed by atoms with E-state index < -0.39 is 0 Å². The highest BCUT2D eigenvalue weighted by Gasteiger charge is 2.09. The Labute approximate surface area is 112 Å². The van der Waals surface area contributed by atoms with Crippen molar-refractivity contribution in [3.05, 3.63) is 53.2 Å². The summed E-state index contributed by atoms with van der Waals surface area (Å²) in [6, 6.07) is 8.66. The van der Waals surface area contributed by atoms with Crippen LogP contribution in [0.1, 0.15) is 36.8 Å². The van der Waals surface area contributed by atoms with E-state index in [0.29, 0.717) is 23.7 Å². The van der Waals surface area contributed by atoms with Crippen molar-refractivity contribution in [2.75, 3.05) is 12.4 Å². The van der Waals surface area contributed by atoms with Gasteiger partial charge in [0, 0.05) is 25.2 Å². The van der Waals surface area contributed by atoms with Crippen molar-refractivity contribution in [1.29, 1.82) is 0 Å². The summed E-state index contributed by atoms with van der Waals surface area (Å²) in [5, 5.41) is 3.02. The second-order valence-corrected chi connectivity index (χ2v) is 4.77. The summed E-state index contributed by atoms with van der Waals surface area (Å²) < 4.78 is 13.6. The van der Waals surface area contributed by atoms with Crippen molar-refractivity contribution < 1.29 is 4.39 Å². The minimum absolute atomic E-state index is 0.216. The van der Waals surface area contributed by atoms with Gasteiger partial charge in [0.2, 0.25) is 0 Å². The van der Waals surface area contributed by atoms with Crippen LogP contribution in [0, 0.1) is 5.82 Å². The number of hydrogen-bond donors (Lipinski definition) is 1. The first-order valence-corrected chi connectivity index (χ1v) is 6.39. The lowest BCUT2D eigenvalue weighted by atomic mass is 10.1. The predicted octanol–water partition coefficient (Wildman–Crippen LogP) is 3.37. The average Bonchev–Trinajstić information content (AvgIpc) is 2.41. The highest BCUT2D eigenvalue weighted by molar-refractivity contribution is 5.37. The SMILES string of the molecule is CNc1cc(C(C)C)nc(Cc2ccccc2F)n1. The van der Waals surface area contributed by atoms with E-state index in [4.69, 9.17) is 0 Å². The molecule has 0 amide bonds. The molecule has 2 rings (SSSR count). The van der Waals surface area contributed by atoms with E-state index >= 15 is 0 Å². The van der Waals surface area contributed by atoms with Gasteiger partial charge < -0.3 is 5.32 Å². The molecule has 100 valence electrons. The zero-order valence-electron chi connectivity index (χ0n) is 11.4. The summed E-state index contributed by atoms with van der Waals surface area (Å²) in [4.78, 5) is 8.88. The van der Waals surface area contributed by atoms with Crippen molar-refractivity contribution in [3.8, 4) is 0 Å². The number of benzene rings is 1. The predicted molar refractivity (Wildman–Crippen MR) is 74.9 cm³/mol. The zero-order chi connectivity index (χ0) is 13.8. The molecule has 0 aliphatic heterocycles. The van der Waals surface area contributed by atoms with Gasteiger partial charge in [0.05, 0.1) is 0 Å². The first-order chi connectivity index (χ1) is 9.10. The fourth-order valence-electron chi connectivity index (χ4n) is 1.83. The second-order valence-electron chi connectivity index (χ2n) is 4.77. The lowest BCUT2D eigenvalue weighted by Gasteiger charge is -2.10. The van der Waals surface area contributed by atoms with E-state index in [2.05, 4.69) is 29.1 Å². The average molecular weight is 259 g/mol. The molecule has 0 aliphatic carbocycles. The molecule has 3 nitrogen and oxygen atoms in total. The number of nitrogens with zero attached hydrogens (tertiary/aromatic N) is 2. The summed E-state index contributed by atoms with van der Waals surface area (Å²) in [5.41, 5.74) is 1.58. The number of halogens is 1. The van der Waals surface area contributed by atoms with E-state index in [-0.39, 0.29) is 5.82 Å². The molecule has 0 saturated carbocycles. The fraction of sp³-hybridized carbons (Fsp3) is 0.333. The number of nitrogens with one attached hydrogen (secondary N) is 1. The molecule has 1 N–H and O–H groups in total. The standard InChI is InChI=1S/C15H18FN3/c1-10(2)13-9-14(17-3)19-15(18-13)8-11-6-4-5-7-12(11)16/h4-7,9-10H,8H2,1-3H3,(H,17,18,19). The smallest absolute Gasteiger partial charge is 0.135 e. The molecule has 0 unspecified atom stereocenters. The lowest BCUT2D eigenvalue weighted by Crippen LogP contribution is -2.06. The molecule has 0 saturated heterocycles. The Balaban J connectivity index is 2.34. The Hall–Kier alpha value is -1.97. The Morgan fingerprint density at radius 3 is 2.58 bits per heavy atom. The third-order valence-corrected chi connectivity index (χ3v) is 2.95. The molecule has 1 heterocycles. The van der Waals surface area contributed by atoms with Gasteiger partial charge in [-0.2, -0.15) is 0 Å². The minimum Gasteiger partial charge on any atom is -0.373 e. The Bertz CT molecular complexity index is 567. The highest BCUT2D eigenvalue weighted by Crippen LogP contribution is 2.17. The molecule has 0 radical (unpaired) electrons. The summed E-state index contributed by atoms with van der Waals surface area (Å²) in [5.74, 6) is 1.51. The van der Waals surface area contributed by atoms with Crippen LogP contribution in [0.4, 0.5) is 10.2 Å². The summed E-state index contributed by atoms with van der Waals surface area (Å²) >= 11 is 0. The Kier molecular flexibility index (Phi) is 4.10. The number of hydrogen-bond acceptors (Lipinski definition) is 3. The largest absolute Gasteiger partial charge is 0.373 e. The number of rotatable bonds is 4. The molecule has 2 aromatic rings. The first kappa shape index (κ1) is 13.5. The van der Waals surface area contributed by atoms with Gasteiger partial charge in [-0.1, -0.05) is 32.0 Å². The van der Waals surface area contributed by atoms with Crippen molar-refractivity contribution in [3.63, 3.8) is 0 Å². The molecule has 1 aromatic carbocycles. The second kappa shape index (κ2) is 5.78. The van der Waals surface area contributed by atoms with Gasteiger partial charge in [-0.3, -0.25) is 0 Å². The third-order valence-electron chi connectivity index (χ3n) is 2.95. The molecule has 0 atom stereocenters. The van der Waals surface area contributed by atoms with Crippen molar-refractivity contribution >= 4 is 5.82 Å². The van der Waals surface area contributed by atoms with E-state index in [1.807, 2.05) is 19.2 Å². The van der Waals surface area contributed by atoms with Gasteiger partial charge in [0.1, 0.15) is 17.5 Å². The van der Waals surface area contributed by atoms with Crippen molar-refractivity contribution in [1.82, 2.24) is 9.97 Å². The first-order valence-electron chi connectivity index (χ1n) is 6.39. The fourth-order valence-corrected chi connectivity index (χ4v) is 1.83. The number of anilines is 1. The maximum absolute atomic E-state index is 13.6. The van der Waals surface area contributed by atoms with Gasteiger partial charge in [0.15, 0.2) is 0 Å². The Morgan fingerprint density at radius 2 is 1.95 bits per heavy atom. The minimum atomic E-state index is -0.216. The zero-order valence-corrected chi connectivity index (χ0v) is 11.4. The molecule has 1 aromatic heterocycles. The van der Waals surface area contributed by atoms with Gasteiger partial charge in [-0.25, -0.2) is 14.4 Å². The van der Waals surface area contributed by atoms with E-state index in [1.54, 1.807) is 12.1 Å². The van der Waals surface area contributed by atoms with Gasteiger partial charge >= 0.3 is 0 Å². The Morgan fingerprint density at radius 1 is 1.21 bits per heavy atom. The van der Waals surface area contributed by atoms with Gasteiger partial charge in [-0.15, -0.1) is 0 Å². The normalized spacial score (nSPS) is 10.8. The van der Waals surface area contributed by atoms with Crippen LogP contribution in [-0.2, 0) is 6.42 Å². The van der Waals surface area contributed by atoms with Crippen LogP contribution in [0.25, 0.3) is 0 Å². The topological polar surface area (TPSA) is 37.8 Å². The quantitative estimate of drug-likeness (QED) is 0.914. The van der Waals surface area contributed by atoms with E-state index in [1.165, 1.54) is 6.07 Å². The lowest BCUT2D eigenvalue weighted by molar-refractivity contribution is 0.611. The van der Waals surface area contributed by atoms with Gasteiger partial charge in [-0.05, 0) is 17.5 Å². The molecule has 4 heteroatoms. The number of aromatic nitrogens is 2. The molecule has 0 bridgehead atoms. The van der Waals surface area contributed by atoms with Gasteiger partial charge in [0.25, 0.3) is 0 Å². The molecule has 19 heavy (non-hydrogen) atoms. The maximum Gasteiger partial charge on any atom is 0.135 e. The molecule has 0 fully saturated rings. The van der Waals surface area contributed by atoms with Crippen molar-refractivity contribution in [2.24, 2.45) is 0 Å². The van der Waals surface area contributed by atoms with E-state index in [9.17, 15) is 4.39 Å².